The van der Waals surface area contributed by atoms with Crippen LogP contribution in [0.1, 0.15) is 77.4 Å². The maximum absolute atomic E-state index is 13.1. The highest BCUT2D eigenvalue weighted by molar-refractivity contribution is 7.19. The fourth-order valence-electron chi connectivity index (χ4n) is 5.32. The SMILES string of the molecule is Cc1nc2c(s1)c1c(n2-c2ccc(C(N)=O)c(NC3CCC(O)CC3)c2)CC(C)(C)CC1=O. The number of aromatic nitrogens is 2. The highest BCUT2D eigenvalue weighted by atomic mass is 32.1. The summed E-state index contributed by atoms with van der Waals surface area (Å²) in [6, 6.07) is 5.76. The number of nitrogens with one attached hydrogen (secondary N) is 1. The normalized spacial score (nSPS) is 22.4. The van der Waals surface area contributed by atoms with E-state index >= 15 is 0 Å². The van der Waals surface area contributed by atoms with E-state index < -0.39 is 5.91 Å². The third-order valence-electron chi connectivity index (χ3n) is 6.86. The number of nitrogens with zero attached hydrogens (tertiary/aromatic N) is 2. The topological polar surface area (TPSA) is 110 Å². The number of thiazole rings is 1. The summed E-state index contributed by atoms with van der Waals surface area (Å²) in [4.78, 5) is 30.1. The lowest BCUT2D eigenvalue weighted by Crippen LogP contribution is -2.29. The molecule has 0 aliphatic heterocycles. The van der Waals surface area contributed by atoms with E-state index in [1.54, 1.807) is 17.4 Å². The van der Waals surface area contributed by atoms with E-state index in [1.165, 1.54) is 0 Å². The van der Waals surface area contributed by atoms with Crippen LogP contribution >= 0.6 is 11.3 Å². The van der Waals surface area contributed by atoms with Crippen LogP contribution in [0, 0.1) is 12.3 Å². The minimum absolute atomic E-state index is 0.130. The first-order valence-corrected chi connectivity index (χ1v) is 12.4. The molecule has 8 heteroatoms. The van der Waals surface area contributed by atoms with E-state index in [9.17, 15) is 14.7 Å². The molecule has 1 aromatic carbocycles. The number of anilines is 1. The van der Waals surface area contributed by atoms with Gasteiger partial charge in [0.15, 0.2) is 11.4 Å². The number of aliphatic hydroxyl groups excluding tert-OH is 1. The Hall–Kier alpha value is -2.71. The average molecular weight is 467 g/mol. The van der Waals surface area contributed by atoms with Crippen molar-refractivity contribution in [1.29, 1.82) is 0 Å². The first-order chi connectivity index (χ1) is 15.6. The minimum atomic E-state index is -0.486. The predicted molar refractivity (Wildman–Crippen MR) is 131 cm³/mol. The molecule has 5 rings (SSSR count). The standard InChI is InChI=1S/C25H30N4O3S/c1-13-27-24-22(33-13)21-19(11-25(2,3)12-20(21)31)29(24)15-6-9-17(23(26)32)18(10-15)28-14-4-7-16(30)8-5-14/h6,9-10,14,16,28,30H,4-5,7-8,11-12H2,1-3H3,(H2,26,32). The number of Topliss-reactive ketones (excluding diaryl/α,β-unsaturated/α-hetero) is 1. The summed E-state index contributed by atoms with van der Waals surface area (Å²) >= 11 is 1.56. The third-order valence-corrected chi connectivity index (χ3v) is 7.84. The van der Waals surface area contributed by atoms with Crippen molar-refractivity contribution >= 4 is 39.1 Å². The molecule has 0 bridgehead atoms. The molecular weight excluding hydrogens is 436 g/mol. The summed E-state index contributed by atoms with van der Waals surface area (Å²) in [6.07, 6.45) is 4.20. The number of aryl methyl sites for hydroxylation is 1. The molecule has 2 aromatic heterocycles. The second-order valence-corrected chi connectivity index (χ2v) is 11.4. The van der Waals surface area contributed by atoms with Gasteiger partial charge >= 0.3 is 0 Å². The molecule has 1 saturated carbocycles. The zero-order chi connectivity index (χ0) is 23.5. The maximum Gasteiger partial charge on any atom is 0.250 e. The van der Waals surface area contributed by atoms with Gasteiger partial charge in [0.05, 0.1) is 26.9 Å². The Labute approximate surface area is 197 Å². The van der Waals surface area contributed by atoms with Gasteiger partial charge in [-0.3, -0.25) is 14.2 Å². The van der Waals surface area contributed by atoms with Gasteiger partial charge < -0.3 is 16.2 Å². The zero-order valence-corrected chi connectivity index (χ0v) is 20.1. The van der Waals surface area contributed by atoms with Crippen molar-refractivity contribution < 1.29 is 14.7 Å². The van der Waals surface area contributed by atoms with E-state index in [0.29, 0.717) is 17.7 Å². The van der Waals surface area contributed by atoms with Crippen LogP contribution in [-0.2, 0) is 6.42 Å². The lowest BCUT2D eigenvalue weighted by atomic mass is 9.76. The first-order valence-electron chi connectivity index (χ1n) is 11.6. The Bertz CT molecular complexity index is 1260. The van der Waals surface area contributed by atoms with Crippen LogP contribution in [0.3, 0.4) is 0 Å². The van der Waals surface area contributed by atoms with Crippen molar-refractivity contribution in [3.8, 4) is 5.69 Å². The van der Waals surface area contributed by atoms with E-state index in [4.69, 9.17) is 10.7 Å². The molecule has 3 aromatic rings. The van der Waals surface area contributed by atoms with E-state index in [2.05, 4.69) is 23.7 Å². The van der Waals surface area contributed by atoms with Crippen molar-refractivity contribution in [1.82, 2.24) is 9.55 Å². The van der Waals surface area contributed by atoms with Gasteiger partial charge in [-0.05, 0) is 62.6 Å². The Morgan fingerprint density at radius 2 is 1.97 bits per heavy atom. The van der Waals surface area contributed by atoms with Gasteiger partial charge in [0.1, 0.15) is 0 Å². The number of ketones is 1. The molecular formula is C25H30N4O3S. The van der Waals surface area contributed by atoms with Crippen molar-refractivity contribution in [2.75, 3.05) is 5.32 Å². The number of primary amides is 1. The molecule has 33 heavy (non-hydrogen) atoms. The number of amides is 1. The van der Waals surface area contributed by atoms with Gasteiger partial charge in [0.25, 0.3) is 5.91 Å². The molecule has 1 fully saturated rings. The molecule has 4 N–H and O–H groups in total. The Kier molecular flexibility index (Phi) is 5.33. The van der Waals surface area contributed by atoms with Crippen molar-refractivity contribution in [3.05, 3.63) is 40.0 Å². The number of nitrogens with two attached hydrogens (primary N) is 1. The zero-order valence-electron chi connectivity index (χ0n) is 19.3. The molecule has 0 spiro atoms. The van der Waals surface area contributed by atoms with E-state index in [1.807, 2.05) is 19.1 Å². The number of carbonyl (C=O) groups excluding carboxylic acids is 2. The summed E-state index contributed by atoms with van der Waals surface area (Å²) in [5.74, 6) is -0.318. The number of fused-ring (bicyclic) bond motifs is 3. The van der Waals surface area contributed by atoms with Crippen LogP contribution in [0.15, 0.2) is 18.2 Å². The largest absolute Gasteiger partial charge is 0.393 e. The number of hydrogen-bond acceptors (Lipinski definition) is 6. The summed E-state index contributed by atoms with van der Waals surface area (Å²) in [5.41, 5.74) is 10.1. The second kappa shape index (κ2) is 7.95. The van der Waals surface area contributed by atoms with Crippen molar-refractivity contribution in [3.63, 3.8) is 0 Å². The average Bonchev–Trinajstić information content (AvgIpc) is 3.22. The highest BCUT2D eigenvalue weighted by Crippen LogP contribution is 2.43. The lowest BCUT2D eigenvalue weighted by Gasteiger charge is -2.30. The van der Waals surface area contributed by atoms with Gasteiger partial charge in [-0.2, -0.15) is 0 Å². The number of hydrogen-bond donors (Lipinski definition) is 3. The van der Waals surface area contributed by atoms with Crippen molar-refractivity contribution in [2.24, 2.45) is 11.1 Å². The van der Waals surface area contributed by atoms with Crippen LogP contribution in [0.2, 0.25) is 0 Å². The van der Waals surface area contributed by atoms with Crippen LogP contribution in [0.5, 0.6) is 0 Å². The first kappa shape index (κ1) is 22.1. The quantitative estimate of drug-likeness (QED) is 0.529. The second-order valence-electron chi connectivity index (χ2n) is 10.2. The van der Waals surface area contributed by atoms with Crippen LogP contribution in [-0.4, -0.2) is 38.5 Å². The molecule has 0 unspecified atom stereocenters. The minimum Gasteiger partial charge on any atom is -0.393 e. The number of benzene rings is 1. The summed E-state index contributed by atoms with van der Waals surface area (Å²) in [7, 11) is 0. The third kappa shape index (κ3) is 3.95. The smallest absolute Gasteiger partial charge is 0.250 e. The Morgan fingerprint density at radius 3 is 2.67 bits per heavy atom. The molecule has 7 nitrogen and oxygen atoms in total. The van der Waals surface area contributed by atoms with E-state index in [0.717, 1.165) is 64.4 Å². The van der Waals surface area contributed by atoms with Crippen LogP contribution in [0.25, 0.3) is 16.0 Å². The number of rotatable bonds is 4. The molecule has 1 amide bonds. The monoisotopic (exact) mass is 466 g/mol. The van der Waals surface area contributed by atoms with Gasteiger partial charge in [0.2, 0.25) is 0 Å². The maximum atomic E-state index is 13.1. The number of aliphatic hydroxyl groups is 1. The van der Waals surface area contributed by atoms with Crippen molar-refractivity contribution in [2.45, 2.75) is 71.4 Å². The van der Waals surface area contributed by atoms with Gasteiger partial charge in [0, 0.05) is 29.5 Å². The Morgan fingerprint density at radius 1 is 1.24 bits per heavy atom. The Balaban J connectivity index is 1.65. The highest BCUT2D eigenvalue weighted by Gasteiger charge is 2.37. The van der Waals surface area contributed by atoms with Crippen LogP contribution in [0.4, 0.5) is 5.69 Å². The fourth-order valence-corrected chi connectivity index (χ4v) is 6.31. The summed E-state index contributed by atoms with van der Waals surface area (Å²) < 4.78 is 3.03. The molecule has 2 heterocycles. The molecule has 0 atom stereocenters. The molecule has 2 aliphatic rings. The predicted octanol–water partition coefficient (Wildman–Crippen LogP) is 4.36. The summed E-state index contributed by atoms with van der Waals surface area (Å²) in [5, 5.41) is 14.3. The summed E-state index contributed by atoms with van der Waals surface area (Å²) in [6.45, 7) is 6.20. The molecule has 0 radical (unpaired) electrons. The van der Waals surface area contributed by atoms with Gasteiger partial charge in [-0.25, -0.2) is 4.98 Å². The fraction of sp³-hybridized carbons (Fsp3) is 0.480. The molecule has 174 valence electrons. The number of carbonyl (C=O) groups is 2. The lowest BCUT2D eigenvalue weighted by molar-refractivity contribution is 0.0912. The molecule has 2 aliphatic carbocycles. The molecule has 0 saturated heterocycles. The van der Waals surface area contributed by atoms with Crippen LogP contribution < -0.4 is 11.1 Å². The van der Waals surface area contributed by atoms with Gasteiger partial charge in [-0.15, -0.1) is 11.3 Å². The van der Waals surface area contributed by atoms with E-state index in [-0.39, 0.29) is 23.3 Å². The van der Waals surface area contributed by atoms with Gasteiger partial charge in [-0.1, -0.05) is 13.8 Å².